The van der Waals surface area contributed by atoms with Crippen LogP contribution in [0.3, 0.4) is 0 Å². The number of halogens is 1. The topological polar surface area (TPSA) is 12.9 Å². The number of nitrogens with zero attached hydrogens (tertiary/aromatic N) is 1. The molecule has 0 N–H and O–H groups in total. The molecule has 0 aliphatic rings. The normalized spacial score (nSPS) is 10.7. The summed E-state index contributed by atoms with van der Waals surface area (Å²) in [5.74, 6) is 0. The highest BCUT2D eigenvalue weighted by Gasteiger charge is 2.18. The highest BCUT2D eigenvalue weighted by atomic mass is 35.5. The van der Waals surface area contributed by atoms with Crippen molar-refractivity contribution in [1.29, 1.82) is 0 Å². The van der Waals surface area contributed by atoms with Crippen molar-refractivity contribution >= 4 is 11.6 Å². The average molecular weight is 418 g/mol. The molecule has 0 bridgehead atoms. The van der Waals surface area contributed by atoms with Crippen molar-refractivity contribution in [3.63, 3.8) is 0 Å². The van der Waals surface area contributed by atoms with Gasteiger partial charge >= 0.3 is 0 Å². The summed E-state index contributed by atoms with van der Waals surface area (Å²) in [6.07, 6.45) is 0. The van der Waals surface area contributed by atoms with Gasteiger partial charge in [0.25, 0.3) is 0 Å². The lowest BCUT2D eigenvalue weighted by Gasteiger charge is -2.18. The fourth-order valence-electron chi connectivity index (χ4n) is 3.86. The Morgan fingerprint density at radius 3 is 1.58 bits per heavy atom. The third-order valence-corrected chi connectivity index (χ3v) is 5.61. The minimum absolute atomic E-state index is 0.719. The summed E-state index contributed by atoms with van der Waals surface area (Å²) in [7, 11) is 0. The molecule has 0 aliphatic carbocycles. The van der Waals surface area contributed by atoms with Gasteiger partial charge in [-0.2, -0.15) is 0 Å². The molecule has 5 aromatic rings. The highest BCUT2D eigenvalue weighted by molar-refractivity contribution is 6.30. The lowest BCUT2D eigenvalue weighted by Crippen LogP contribution is -1.97. The predicted molar refractivity (Wildman–Crippen MR) is 131 cm³/mol. The van der Waals surface area contributed by atoms with Crippen LogP contribution >= 0.6 is 11.6 Å². The molecule has 1 nitrogen and oxygen atoms in total. The first-order chi connectivity index (χ1) is 15.3. The van der Waals surface area contributed by atoms with Gasteiger partial charge in [-0.25, -0.2) is 4.98 Å². The number of hydrogen-bond donors (Lipinski definition) is 0. The summed E-state index contributed by atoms with van der Waals surface area (Å²) in [5.41, 5.74) is 8.63. The molecule has 0 aliphatic heterocycles. The first kappa shape index (κ1) is 19.3. The van der Waals surface area contributed by atoms with E-state index in [4.69, 9.17) is 16.6 Å². The van der Waals surface area contributed by atoms with Gasteiger partial charge in [0.2, 0.25) is 0 Å². The largest absolute Gasteiger partial charge is 0.247 e. The van der Waals surface area contributed by atoms with Gasteiger partial charge in [-0.05, 0) is 34.9 Å². The van der Waals surface area contributed by atoms with Gasteiger partial charge in [-0.15, -0.1) is 0 Å². The van der Waals surface area contributed by atoms with E-state index in [1.54, 1.807) is 0 Å². The van der Waals surface area contributed by atoms with E-state index < -0.39 is 0 Å². The first-order valence-corrected chi connectivity index (χ1v) is 10.6. The third-order valence-electron chi connectivity index (χ3n) is 5.35. The molecular weight excluding hydrogens is 398 g/mol. The lowest BCUT2D eigenvalue weighted by molar-refractivity contribution is 1.32. The molecule has 0 saturated carbocycles. The fraction of sp³-hybridized carbons (Fsp3) is 0. The molecule has 0 amide bonds. The summed E-state index contributed by atoms with van der Waals surface area (Å²) in [5, 5.41) is 0.719. The van der Waals surface area contributed by atoms with E-state index in [2.05, 4.69) is 78.9 Å². The molecule has 1 aromatic heterocycles. The number of hydrogen-bond acceptors (Lipinski definition) is 1. The minimum atomic E-state index is 0.719. The third kappa shape index (κ3) is 4.01. The quantitative estimate of drug-likeness (QED) is 0.286. The molecule has 0 fully saturated rings. The van der Waals surface area contributed by atoms with E-state index in [0.29, 0.717) is 0 Å². The Bertz CT molecular complexity index is 1240. The Labute approximate surface area is 187 Å². The van der Waals surface area contributed by atoms with Crippen molar-refractivity contribution in [2.24, 2.45) is 0 Å². The van der Waals surface area contributed by atoms with Crippen LogP contribution < -0.4 is 0 Å². The van der Waals surface area contributed by atoms with Crippen LogP contribution in [0.4, 0.5) is 0 Å². The Balaban J connectivity index is 1.86. The smallest absolute Gasteiger partial charge is 0.0794 e. The maximum Gasteiger partial charge on any atom is 0.0794 e. The van der Waals surface area contributed by atoms with Gasteiger partial charge in [0.15, 0.2) is 0 Å². The standard InChI is InChI=1S/C29H20ClN/c30-25-18-16-22(17-19-25)27-20-26(21-10-4-1-5-11-21)28(23-12-6-2-7-13-23)29(31-27)24-14-8-3-9-15-24/h1-20H. The summed E-state index contributed by atoms with van der Waals surface area (Å²) >= 11 is 6.14. The SMILES string of the molecule is Clc1ccc(-c2cc(-c3ccccc3)c(-c3ccccc3)c(-c3ccccc3)n2)cc1. The van der Waals surface area contributed by atoms with Crippen molar-refractivity contribution in [2.45, 2.75) is 0 Å². The maximum atomic E-state index is 6.14. The Morgan fingerprint density at radius 1 is 0.484 bits per heavy atom. The summed E-state index contributed by atoms with van der Waals surface area (Å²) < 4.78 is 0. The van der Waals surface area contributed by atoms with Crippen LogP contribution in [0.5, 0.6) is 0 Å². The van der Waals surface area contributed by atoms with Gasteiger partial charge < -0.3 is 0 Å². The van der Waals surface area contributed by atoms with Crippen LogP contribution in [0.25, 0.3) is 44.8 Å². The Hall–Kier alpha value is -3.68. The van der Waals surface area contributed by atoms with Crippen LogP contribution in [0.1, 0.15) is 0 Å². The number of benzene rings is 4. The van der Waals surface area contributed by atoms with E-state index in [1.807, 2.05) is 42.5 Å². The molecule has 0 spiro atoms. The molecule has 0 radical (unpaired) electrons. The van der Waals surface area contributed by atoms with Crippen LogP contribution in [0, 0.1) is 0 Å². The van der Waals surface area contributed by atoms with Gasteiger partial charge in [0.1, 0.15) is 0 Å². The van der Waals surface area contributed by atoms with E-state index in [-0.39, 0.29) is 0 Å². The summed E-state index contributed by atoms with van der Waals surface area (Å²) in [6, 6.07) is 41.5. The zero-order valence-corrected chi connectivity index (χ0v) is 17.6. The number of pyridine rings is 1. The molecular formula is C29H20ClN. The maximum absolute atomic E-state index is 6.14. The van der Waals surface area contributed by atoms with Crippen molar-refractivity contribution in [1.82, 2.24) is 4.98 Å². The molecule has 4 aromatic carbocycles. The lowest BCUT2D eigenvalue weighted by atomic mass is 9.89. The fourth-order valence-corrected chi connectivity index (χ4v) is 3.99. The molecule has 0 atom stereocenters. The van der Waals surface area contributed by atoms with Crippen LogP contribution in [0.2, 0.25) is 5.02 Å². The molecule has 31 heavy (non-hydrogen) atoms. The molecule has 2 heteroatoms. The van der Waals surface area contributed by atoms with E-state index in [1.165, 1.54) is 0 Å². The second-order valence-electron chi connectivity index (χ2n) is 7.38. The number of aromatic nitrogens is 1. The van der Waals surface area contributed by atoms with Crippen molar-refractivity contribution in [3.8, 4) is 44.8 Å². The van der Waals surface area contributed by atoms with Gasteiger partial charge in [-0.1, -0.05) is 115 Å². The second kappa shape index (κ2) is 8.59. The average Bonchev–Trinajstić information content (AvgIpc) is 2.85. The van der Waals surface area contributed by atoms with Crippen molar-refractivity contribution in [2.75, 3.05) is 0 Å². The van der Waals surface area contributed by atoms with Gasteiger partial charge in [0, 0.05) is 21.7 Å². The van der Waals surface area contributed by atoms with Crippen molar-refractivity contribution in [3.05, 3.63) is 126 Å². The Kier molecular flexibility index (Phi) is 5.35. The van der Waals surface area contributed by atoms with Crippen molar-refractivity contribution < 1.29 is 0 Å². The predicted octanol–water partition coefficient (Wildman–Crippen LogP) is 8.40. The zero-order chi connectivity index (χ0) is 21.0. The van der Waals surface area contributed by atoms with E-state index >= 15 is 0 Å². The highest BCUT2D eigenvalue weighted by Crippen LogP contribution is 2.41. The monoisotopic (exact) mass is 417 g/mol. The molecule has 0 unspecified atom stereocenters. The Morgan fingerprint density at radius 2 is 1.00 bits per heavy atom. The molecule has 0 saturated heterocycles. The number of rotatable bonds is 4. The summed E-state index contributed by atoms with van der Waals surface area (Å²) in [4.78, 5) is 5.16. The summed E-state index contributed by atoms with van der Waals surface area (Å²) in [6.45, 7) is 0. The minimum Gasteiger partial charge on any atom is -0.247 e. The van der Waals surface area contributed by atoms with Gasteiger partial charge in [-0.3, -0.25) is 0 Å². The van der Waals surface area contributed by atoms with Gasteiger partial charge in [0.05, 0.1) is 11.4 Å². The second-order valence-corrected chi connectivity index (χ2v) is 7.82. The van der Waals surface area contributed by atoms with Crippen LogP contribution in [-0.2, 0) is 0 Å². The molecule has 148 valence electrons. The van der Waals surface area contributed by atoms with E-state index in [0.717, 1.165) is 49.8 Å². The molecule has 1 heterocycles. The van der Waals surface area contributed by atoms with E-state index in [9.17, 15) is 0 Å². The first-order valence-electron chi connectivity index (χ1n) is 10.3. The van der Waals surface area contributed by atoms with Crippen LogP contribution in [-0.4, -0.2) is 4.98 Å². The zero-order valence-electron chi connectivity index (χ0n) is 16.9. The molecule has 5 rings (SSSR count). The van der Waals surface area contributed by atoms with Crippen LogP contribution in [0.15, 0.2) is 121 Å².